The highest BCUT2D eigenvalue weighted by atomic mass is 16.2. The maximum atomic E-state index is 14.2. The van der Waals surface area contributed by atoms with Crippen molar-refractivity contribution in [3.63, 3.8) is 0 Å². The lowest BCUT2D eigenvalue weighted by Gasteiger charge is -2.54. The van der Waals surface area contributed by atoms with Crippen LogP contribution in [0.5, 0.6) is 0 Å². The molecule has 0 radical (unpaired) electrons. The van der Waals surface area contributed by atoms with Gasteiger partial charge in [0.15, 0.2) is 0 Å². The molecule has 0 aromatic heterocycles. The molecule has 6 rings (SSSR count). The molecule has 1 aromatic carbocycles. The van der Waals surface area contributed by atoms with Gasteiger partial charge in [0.25, 0.3) is 5.91 Å². The molecule has 4 heterocycles. The average molecular weight is 459 g/mol. The van der Waals surface area contributed by atoms with Gasteiger partial charge >= 0.3 is 0 Å². The lowest BCUT2D eigenvalue weighted by Crippen LogP contribution is -2.63. The van der Waals surface area contributed by atoms with Crippen LogP contribution in [0.3, 0.4) is 0 Å². The highest BCUT2D eigenvalue weighted by molar-refractivity contribution is 5.99. The average Bonchev–Trinajstić information content (AvgIpc) is 2.88. The summed E-state index contributed by atoms with van der Waals surface area (Å²) in [6.07, 6.45) is 15.5. The fourth-order valence-electron chi connectivity index (χ4n) is 7.23. The zero-order valence-electron chi connectivity index (χ0n) is 21.5. The summed E-state index contributed by atoms with van der Waals surface area (Å²) in [6, 6.07) is 5.06. The van der Waals surface area contributed by atoms with Crippen LogP contribution in [0.15, 0.2) is 42.5 Å². The van der Waals surface area contributed by atoms with Gasteiger partial charge in [-0.05, 0) is 113 Å². The van der Waals surface area contributed by atoms with Crippen molar-refractivity contribution in [3.05, 3.63) is 64.8 Å². The van der Waals surface area contributed by atoms with E-state index in [1.807, 2.05) is 6.08 Å². The number of allylic oxidation sites excluding steroid dienone is 5. The molecule has 2 atom stereocenters. The zero-order valence-corrected chi connectivity index (χ0v) is 21.5. The van der Waals surface area contributed by atoms with Crippen molar-refractivity contribution in [1.82, 2.24) is 9.80 Å². The smallest absolute Gasteiger partial charge is 0.254 e. The molecule has 4 aliphatic heterocycles. The summed E-state index contributed by atoms with van der Waals surface area (Å²) in [7, 11) is 0. The van der Waals surface area contributed by atoms with Gasteiger partial charge in [-0.3, -0.25) is 4.79 Å². The summed E-state index contributed by atoms with van der Waals surface area (Å²) in [5.74, 6) is 0.973. The maximum Gasteiger partial charge on any atom is 0.254 e. The van der Waals surface area contributed by atoms with E-state index in [1.54, 1.807) is 0 Å². The van der Waals surface area contributed by atoms with Crippen molar-refractivity contribution in [2.24, 2.45) is 5.92 Å². The highest BCUT2D eigenvalue weighted by Crippen LogP contribution is 2.48. The van der Waals surface area contributed by atoms with Crippen molar-refractivity contribution in [2.45, 2.75) is 83.6 Å². The summed E-state index contributed by atoms with van der Waals surface area (Å²) < 4.78 is 0. The third-order valence-electron chi connectivity index (χ3n) is 9.41. The SMILES string of the molecule is C=CCC(=CCC(C)=CC)c1cc2c3c(c1)C(=O)N(C1CN4CCC1CC4)CC3(CC)CCC2. The summed E-state index contributed by atoms with van der Waals surface area (Å²) in [6.45, 7) is 15.1. The Kier molecular flexibility index (Phi) is 6.59. The van der Waals surface area contributed by atoms with E-state index in [-0.39, 0.29) is 5.41 Å². The second-order valence-corrected chi connectivity index (χ2v) is 11.2. The van der Waals surface area contributed by atoms with Crippen molar-refractivity contribution in [3.8, 4) is 0 Å². The van der Waals surface area contributed by atoms with Gasteiger partial charge in [-0.15, -0.1) is 6.58 Å². The highest BCUT2D eigenvalue weighted by Gasteiger charge is 2.49. The molecule has 3 saturated heterocycles. The van der Waals surface area contributed by atoms with Gasteiger partial charge in [0.05, 0.1) is 0 Å². The minimum Gasteiger partial charge on any atom is -0.333 e. The Morgan fingerprint density at radius 2 is 2.03 bits per heavy atom. The predicted octanol–water partition coefficient (Wildman–Crippen LogP) is 6.54. The van der Waals surface area contributed by atoms with Crippen LogP contribution in [0.25, 0.3) is 5.57 Å². The van der Waals surface area contributed by atoms with Gasteiger partial charge in [0.1, 0.15) is 0 Å². The Hall–Kier alpha value is -2.13. The van der Waals surface area contributed by atoms with Crippen LogP contribution in [0.2, 0.25) is 0 Å². The van der Waals surface area contributed by atoms with Gasteiger partial charge < -0.3 is 9.80 Å². The molecule has 2 bridgehead atoms. The van der Waals surface area contributed by atoms with E-state index in [0.29, 0.717) is 17.9 Å². The minimum absolute atomic E-state index is 0.130. The van der Waals surface area contributed by atoms with E-state index in [1.165, 1.54) is 66.6 Å². The normalized spacial score (nSPS) is 31.0. The fourth-order valence-corrected chi connectivity index (χ4v) is 7.23. The monoisotopic (exact) mass is 458 g/mol. The number of piperidine rings is 3. The predicted molar refractivity (Wildman–Crippen MR) is 142 cm³/mol. The van der Waals surface area contributed by atoms with Crippen LogP contribution in [0, 0.1) is 5.92 Å². The number of hydrogen-bond acceptors (Lipinski definition) is 2. The van der Waals surface area contributed by atoms with Crippen molar-refractivity contribution in [2.75, 3.05) is 26.2 Å². The fraction of sp³-hybridized carbons (Fsp3) is 0.581. The van der Waals surface area contributed by atoms with E-state index >= 15 is 0 Å². The Morgan fingerprint density at radius 1 is 1.24 bits per heavy atom. The molecule has 182 valence electrons. The van der Waals surface area contributed by atoms with Gasteiger partial charge in [0, 0.05) is 30.1 Å². The third kappa shape index (κ3) is 4.00. The van der Waals surface area contributed by atoms with E-state index in [2.05, 4.69) is 61.4 Å². The number of benzene rings is 1. The lowest BCUT2D eigenvalue weighted by atomic mass is 9.63. The molecule has 2 unspecified atom stereocenters. The van der Waals surface area contributed by atoms with Crippen LogP contribution >= 0.6 is 0 Å². The largest absolute Gasteiger partial charge is 0.333 e. The van der Waals surface area contributed by atoms with Crippen molar-refractivity contribution >= 4 is 11.5 Å². The van der Waals surface area contributed by atoms with E-state index < -0.39 is 0 Å². The number of aryl methyl sites for hydroxylation is 1. The number of hydrogen-bond donors (Lipinski definition) is 0. The van der Waals surface area contributed by atoms with Crippen molar-refractivity contribution < 1.29 is 4.79 Å². The summed E-state index contributed by atoms with van der Waals surface area (Å²) >= 11 is 0. The summed E-state index contributed by atoms with van der Waals surface area (Å²) in [4.78, 5) is 19.1. The molecular formula is C31H42N2O. The first-order valence-electron chi connectivity index (χ1n) is 13.6. The Bertz CT molecular complexity index is 1030. The molecule has 1 aromatic rings. The Morgan fingerprint density at radius 3 is 2.68 bits per heavy atom. The first-order valence-corrected chi connectivity index (χ1v) is 13.6. The first kappa shape index (κ1) is 23.6. The van der Waals surface area contributed by atoms with Crippen LogP contribution in [0.1, 0.15) is 92.8 Å². The number of carbonyl (C=O) groups is 1. The summed E-state index contributed by atoms with van der Waals surface area (Å²) in [5.41, 5.74) is 7.87. The number of rotatable bonds is 7. The number of nitrogens with zero attached hydrogens (tertiary/aromatic N) is 2. The number of amides is 1. The molecule has 0 saturated carbocycles. The molecule has 3 fully saturated rings. The molecule has 0 N–H and O–H groups in total. The van der Waals surface area contributed by atoms with Crippen LogP contribution in [-0.2, 0) is 11.8 Å². The van der Waals surface area contributed by atoms with E-state index in [4.69, 9.17) is 0 Å². The van der Waals surface area contributed by atoms with Gasteiger partial charge in [0.2, 0.25) is 0 Å². The van der Waals surface area contributed by atoms with Gasteiger partial charge in [-0.2, -0.15) is 0 Å². The molecule has 34 heavy (non-hydrogen) atoms. The zero-order chi connectivity index (χ0) is 23.9. The number of fused-ring (bicyclic) bond motifs is 3. The van der Waals surface area contributed by atoms with Gasteiger partial charge in [-0.1, -0.05) is 36.8 Å². The minimum atomic E-state index is 0.130. The van der Waals surface area contributed by atoms with E-state index in [9.17, 15) is 4.79 Å². The third-order valence-corrected chi connectivity index (χ3v) is 9.41. The van der Waals surface area contributed by atoms with E-state index in [0.717, 1.165) is 44.3 Å². The maximum absolute atomic E-state index is 14.2. The first-order chi connectivity index (χ1) is 16.5. The molecule has 1 amide bonds. The molecular weight excluding hydrogens is 416 g/mol. The topological polar surface area (TPSA) is 23.6 Å². The second-order valence-electron chi connectivity index (χ2n) is 11.2. The van der Waals surface area contributed by atoms with Gasteiger partial charge in [-0.25, -0.2) is 0 Å². The Balaban J connectivity index is 1.59. The molecule has 0 spiro atoms. The molecule has 3 nitrogen and oxygen atoms in total. The lowest BCUT2D eigenvalue weighted by molar-refractivity contribution is -0.00534. The van der Waals surface area contributed by atoms with Crippen molar-refractivity contribution in [1.29, 1.82) is 0 Å². The summed E-state index contributed by atoms with van der Waals surface area (Å²) in [5, 5.41) is 0. The standard InChI is InChI=1S/C31H42N2O/c1-5-9-23(12-11-22(4)6-2)26-18-25-10-8-15-31(7-3)21-33(30(34)27(19-26)29(25)31)28-20-32-16-13-24(28)14-17-32/h5-6,12,18-19,24,28H,1,7-11,13-17,20-21H2,2-4H3. The van der Waals surface area contributed by atoms with Crippen LogP contribution < -0.4 is 0 Å². The quantitative estimate of drug-likeness (QED) is 0.433. The van der Waals surface area contributed by atoms with Crippen LogP contribution in [0.4, 0.5) is 0 Å². The molecule has 1 aliphatic carbocycles. The molecule has 5 aliphatic rings. The Labute approximate surface area is 206 Å². The second kappa shape index (κ2) is 9.49. The molecule has 3 heteroatoms. The number of carbonyl (C=O) groups excluding carboxylic acids is 1. The van der Waals surface area contributed by atoms with Crippen LogP contribution in [-0.4, -0.2) is 47.9 Å².